The van der Waals surface area contributed by atoms with Crippen molar-refractivity contribution >= 4 is 9.84 Å². The summed E-state index contributed by atoms with van der Waals surface area (Å²) in [5.41, 5.74) is -0.489. The lowest BCUT2D eigenvalue weighted by molar-refractivity contribution is -0.137. The van der Waals surface area contributed by atoms with E-state index in [-0.39, 0.29) is 33.9 Å². The van der Waals surface area contributed by atoms with Crippen LogP contribution < -0.4 is 9.47 Å². The normalized spacial score (nSPS) is 12.0. The highest BCUT2D eigenvalue weighted by Crippen LogP contribution is 2.33. The van der Waals surface area contributed by atoms with Crippen molar-refractivity contribution in [1.82, 2.24) is 10.1 Å². The maximum atomic E-state index is 12.8. The second kappa shape index (κ2) is 8.86. The van der Waals surface area contributed by atoms with Gasteiger partial charge in [-0.15, -0.1) is 0 Å². The zero-order valence-corrected chi connectivity index (χ0v) is 18.6. The van der Waals surface area contributed by atoms with Crippen LogP contribution in [0.25, 0.3) is 23.0 Å². The molecule has 0 unspecified atom stereocenters. The third-order valence-electron chi connectivity index (χ3n) is 4.82. The van der Waals surface area contributed by atoms with E-state index in [1.165, 1.54) is 56.7 Å². The minimum absolute atomic E-state index is 0.0190. The van der Waals surface area contributed by atoms with Gasteiger partial charge < -0.3 is 18.4 Å². The third kappa shape index (κ3) is 4.76. The van der Waals surface area contributed by atoms with E-state index in [4.69, 9.17) is 18.4 Å². The second-order valence-corrected chi connectivity index (χ2v) is 9.03. The smallest absolute Gasteiger partial charge is 0.416 e. The standard InChI is InChI=1S/C22H17F3N2O6S/c1-30-17-10-8-16(11-19(17)31-2)34(28,29)12-15-7-9-18(32-15)21-26-20(27-33-21)13-3-5-14(6-4-13)22(23,24)25/h3-11H,12H2,1-2H3. The van der Waals surface area contributed by atoms with Crippen LogP contribution >= 0.6 is 0 Å². The van der Waals surface area contributed by atoms with Crippen LogP contribution in [0.3, 0.4) is 0 Å². The fraction of sp³-hybridized carbons (Fsp3) is 0.182. The van der Waals surface area contributed by atoms with E-state index in [9.17, 15) is 21.6 Å². The number of ether oxygens (including phenoxy) is 2. The number of sulfone groups is 1. The lowest BCUT2D eigenvalue weighted by Gasteiger charge is -2.09. The van der Waals surface area contributed by atoms with Crippen LogP contribution in [-0.2, 0) is 21.8 Å². The zero-order chi connectivity index (χ0) is 24.5. The minimum Gasteiger partial charge on any atom is -0.493 e. The predicted molar refractivity (Wildman–Crippen MR) is 113 cm³/mol. The van der Waals surface area contributed by atoms with Crippen molar-refractivity contribution in [3.8, 4) is 34.5 Å². The van der Waals surface area contributed by atoms with Gasteiger partial charge in [-0.1, -0.05) is 17.3 Å². The monoisotopic (exact) mass is 494 g/mol. The Morgan fingerprint density at radius 1 is 0.941 bits per heavy atom. The molecule has 0 aliphatic carbocycles. The summed E-state index contributed by atoms with van der Waals surface area (Å²) in [6, 6.07) is 11.4. The molecule has 0 atom stereocenters. The Balaban J connectivity index is 1.52. The van der Waals surface area contributed by atoms with Crippen LogP contribution in [0, 0.1) is 0 Å². The summed E-state index contributed by atoms with van der Waals surface area (Å²) in [5, 5.41) is 3.75. The summed E-state index contributed by atoms with van der Waals surface area (Å²) in [6.45, 7) is 0. The number of furan rings is 1. The molecule has 0 fully saturated rings. The van der Waals surface area contributed by atoms with Gasteiger partial charge in [0.15, 0.2) is 27.1 Å². The number of methoxy groups -OCH3 is 2. The van der Waals surface area contributed by atoms with Crippen molar-refractivity contribution in [3.05, 3.63) is 65.9 Å². The number of hydrogen-bond acceptors (Lipinski definition) is 8. The van der Waals surface area contributed by atoms with E-state index in [2.05, 4.69) is 10.1 Å². The van der Waals surface area contributed by atoms with Crippen LogP contribution in [0.15, 0.2) is 68.4 Å². The molecule has 4 aromatic rings. The second-order valence-electron chi connectivity index (χ2n) is 7.04. The number of nitrogens with zero attached hydrogens (tertiary/aromatic N) is 2. The van der Waals surface area contributed by atoms with Gasteiger partial charge in [-0.25, -0.2) is 8.42 Å². The van der Waals surface area contributed by atoms with Crippen LogP contribution in [0.2, 0.25) is 0 Å². The van der Waals surface area contributed by atoms with Crippen molar-refractivity contribution in [3.63, 3.8) is 0 Å². The number of benzene rings is 2. The first-order valence-electron chi connectivity index (χ1n) is 9.66. The van der Waals surface area contributed by atoms with E-state index < -0.39 is 27.3 Å². The molecule has 0 spiro atoms. The molecule has 2 aromatic carbocycles. The van der Waals surface area contributed by atoms with E-state index in [1.807, 2.05) is 0 Å². The SMILES string of the molecule is COc1ccc(S(=O)(=O)Cc2ccc(-c3nc(-c4ccc(C(F)(F)F)cc4)no3)o2)cc1OC. The van der Waals surface area contributed by atoms with E-state index in [0.29, 0.717) is 11.3 Å². The lowest BCUT2D eigenvalue weighted by atomic mass is 10.1. The summed E-state index contributed by atoms with van der Waals surface area (Å²) in [7, 11) is -0.941. The Labute approximate surface area is 191 Å². The summed E-state index contributed by atoms with van der Waals surface area (Å²) in [6.07, 6.45) is -4.46. The highest BCUT2D eigenvalue weighted by atomic mass is 32.2. The first kappa shape index (κ1) is 23.4. The van der Waals surface area contributed by atoms with Crippen LogP contribution in [0.4, 0.5) is 13.2 Å². The van der Waals surface area contributed by atoms with Gasteiger partial charge in [0.1, 0.15) is 11.5 Å². The van der Waals surface area contributed by atoms with Gasteiger partial charge in [-0.05, 0) is 36.4 Å². The van der Waals surface area contributed by atoms with E-state index in [0.717, 1.165) is 12.1 Å². The van der Waals surface area contributed by atoms with Crippen molar-refractivity contribution in [2.45, 2.75) is 16.8 Å². The van der Waals surface area contributed by atoms with Crippen molar-refractivity contribution in [2.24, 2.45) is 0 Å². The maximum Gasteiger partial charge on any atom is 0.416 e. The first-order valence-corrected chi connectivity index (χ1v) is 11.3. The molecule has 12 heteroatoms. The Bertz CT molecular complexity index is 1410. The van der Waals surface area contributed by atoms with Gasteiger partial charge in [0.25, 0.3) is 5.89 Å². The molecule has 0 radical (unpaired) electrons. The highest BCUT2D eigenvalue weighted by molar-refractivity contribution is 7.90. The summed E-state index contributed by atoms with van der Waals surface area (Å²) in [5.74, 6) is 0.460. The topological polar surface area (TPSA) is 105 Å². The molecule has 2 aromatic heterocycles. The number of halogens is 3. The largest absolute Gasteiger partial charge is 0.493 e. The Hall–Kier alpha value is -3.80. The molecule has 0 saturated heterocycles. The molecular formula is C22H17F3N2O6S. The quantitative estimate of drug-likeness (QED) is 0.353. The van der Waals surface area contributed by atoms with Crippen LogP contribution in [0.5, 0.6) is 11.5 Å². The molecule has 0 aliphatic heterocycles. The Morgan fingerprint density at radius 2 is 1.65 bits per heavy atom. The minimum atomic E-state index is -4.46. The molecule has 0 saturated carbocycles. The van der Waals surface area contributed by atoms with Gasteiger partial charge in [0, 0.05) is 11.6 Å². The van der Waals surface area contributed by atoms with E-state index in [1.54, 1.807) is 0 Å². The maximum absolute atomic E-state index is 12.8. The van der Waals surface area contributed by atoms with Crippen LogP contribution in [0.1, 0.15) is 11.3 Å². The van der Waals surface area contributed by atoms with Gasteiger partial charge in [-0.3, -0.25) is 0 Å². The van der Waals surface area contributed by atoms with Crippen molar-refractivity contribution in [2.75, 3.05) is 14.2 Å². The molecular weight excluding hydrogens is 477 g/mol. The van der Waals surface area contributed by atoms with Crippen molar-refractivity contribution in [1.29, 1.82) is 0 Å². The molecule has 178 valence electrons. The predicted octanol–water partition coefficient (Wildman–Crippen LogP) is 5.01. The van der Waals surface area contributed by atoms with E-state index >= 15 is 0 Å². The molecule has 0 aliphatic rings. The molecule has 4 rings (SSSR count). The van der Waals surface area contributed by atoms with Gasteiger partial charge in [0.05, 0.1) is 24.7 Å². The molecule has 0 bridgehead atoms. The molecule has 0 N–H and O–H groups in total. The van der Waals surface area contributed by atoms with Gasteiger partial charge >= 0.3 is 6.18 Å². The lowest BCUT2D eigenvalue weighted by Crippen LogP contribution is -2.05. The number of hydrogen-bond donors (Lipinski definition) is 0. The van der Waals surface area contributed by atoms with Gasteiger partial charge in [-0.2, -0.15) is 18.2 Å². The number of rotatable bonds is 7. The fourth-order valence-corrected chi connectivity index (χ4v) is 4.36. The summed E-state index contributed by atoms with van der Waals surface area (Å²) >= 11 is 0. The fourth-order valence-electron chi connectivity index (χ4n) is 3.10. The average Bonchev–Trinajstić information content (AvgIpc) is 3.47. The Kier molecular flexibility index (Phi) is 6.09. The highest BCUT2D eigenvalue weighted by Gasteiger charge is 2.30. The summed E-state index contributed by atoms with van der Waals surface area (Å²) < 4.78 is 84.8. The first-order chi connectivity index (χ1) is 16.1. The summed E-state index contributed by atoms with van der Waals surface area (Å²) in [4.78, 5) is 4.14. The van der Waals surface area contributed by atoms with Gasteiger partial charge in [0.2, 0.25) is 5.82 Å². The van der Waals surface area contributed by atoms with Crippen LogP contribution in [-0.4, -0.2) is 32.8 Å². The molecule has 2 heterocycles. The molecule has 34 heavy (non-hydrogen) atoms. The average molecular weight is 494 g/mol. The number of aromatic nitrogens is 2. The number of alkyl halides is 3. The third-order valence-corrected chi connectivity index (χ3v) is 6.45. The molecule has 8 nitrogen and oxygen atoms in total. The Morgan fingerprint density at radius 3 is 2.29 bits per heavy atom. The zero-order valence-electron chi connectivity index (χ0n) is 17.8. The van der Waals surface area contributed by atoms with Crippen molar-refractivity contribution < 1.29 is 40.0 Å². The molecule has 0 amide bonds.